The van der Waals surface area contributed by atoms with Gasteiger partial charge in [-0.25, -0.2) is 4.79 Å². The lowest BCUT2D eigenvalue weighted by Crippen LogP contribution is -2.48. The minimum absolute atomic E-state index is 0.0268. The normalized spacial score (nSPS) is 13.3. The van der Waals surface area contributed by atoms with Crippen molar-refractivity contribution in [3.8, 4) is 11.6 Å². The van der Waals surface area contributed by atoms with Crippen molar-refractivity contribution in [2.75, 3.05) is 37.7 Å². The first kappa shape index (κ1) is 31.6. The molecular weight excluding hydrogens is 614 g/mol. The summed E-state index contributed by atoms with van der Waals surface area (Å²) in [4.78, 5) is 32.5. The second kappa shape index (κ2) is 14.4. The summed E-state index contributed by atoms with van der Waals surface area (Å²) >= 11 is 0. The Kier molecular flexibility index (Phi) is 9.28. The molecule has 246 valence electrons. The lowest BCUT2D eigenvalue weighted by Gasteiger charge is -2.36. The van der Waals surface area contributed by atoms with E-state index < -0.39 is 6.16 Å². The van der Waals surface area contributed by atoms with Gasteiger partial charge in [0.25, 0.3) is 5.91 Å². The fraction of sp³-hybridized carbons (Fsp3) is 0.171. The Labute approximate surface area is 284 Å². The van der Waals surface area contributed by atoms with E-state index in [0.717, 1.165) is 57.2 Å². The van der Waals surface area contributed by atoms with Gasteiger partial charge in [-0.1, -0.05) is 97.1 Å². The molecule has 0 bridgehead atoms. The molecule has 1 amide bonds. The summed E-state index contributed by atoms with van der Waals surface area (Å²) in [6, 6.07) is 37.9. The molecule has 0 unspecified atom stereocenters. The van der Waals surface area contributed by atoms with E-state index >= 15 is 0 Å². The molecule has 6 aromatic rings. The molecule has 2 N–H and O–H groups in total. The number of fused-ring (bicyclic) bond motifs is 2. The van der Waals surface area contributed by atoms with Gasteiger partial charge in [0.1, 0.15) is 5.75 Å². The van der Waals surface area contributed by atoms with Gasteiger partial charge in [-0.15, -0.1) is 0 Å². The van der Waals surface area contributed by atoms with Crippen molar-refractivity contribution in [1.82, 2.24) is 9.88 Å². The number of anilines is 1. The first-order chi connectivity index (χ1) is 24.0. The Morgan fingerprint density at radius 3 is 2.35 bits per heavy atom. The maximum Gasteiger partial charge on any atom is 0.512 e. The molecule has 0 atom stereocenters. The third kappa shape index (κ3) is 7.13. The van der Waals surface area contributed by atoms with Crippen molar-refractivity contribution >= 4 is 51.6 Å². The van der Waals surface area contributed by atoms with Crippen LogP contribution < -0.4 is 14.4 Å². The Morgan fingerprint density at radius 1 is 0.776 bits per heavy atom. The maximum absolute atomic E-state index is 13.4. The quantitative estimate of drug-likeness (QED) is 0.0876. The summed E-state index contributed by atoms with van der Waals surface area (Å²) in [6.45, 7) is 3.39. The van der Waals surface area contributed by atoms with Gasteiger partial charge in [0.05, 0.1) is 12.1 Å². The summed E-state index contributed by atoms with van der Waals surface area (Å²) in [6.07, 6.45) is 3.78. The van der Waals surface area contributed by atoms with Gasteiger partial charge in [-0.05, 0) is 59.7 Å². The van der Waals surface area contributed by atoms with Crippen molar-refractivity contribution < 1.29 is 24.2 Å². The molecular formula is C41H37N3O5. The summed E-state index contributed by atoms with van der Waals surface area (Å²) < 4.78 is 11.3. The Bertz CT molecular complexity index is 2130. The number of aromatic amines is 1. The molecule has 8 nitrogen and oxygen atoms in total. The van der Waals surface area contributed by atoms with Crippen LogP contribution in [0.15, 0.2) is 115 Å². The predicted molar refractivity (Wildman–Crippen MR) is 195 cm³/mol. The Balaban J connectivity index is 1.04. The average molecular weight is 652 g/mol. The van der Waals surface area contributed by atoms with Crippen LogP contribution in [0.4, 0.5) is 10.5 Å². The zero-order chi connectivity index (χ0) is 33.6. The van der Waals surface area contributed by atoms with Crippen LogP contribution in [-0.2, 0) is 6.42 Å². The third-order valence-corrected chi connectivity index (χ3v) is 8.98. The number of carboxylic acid groups (broad SMARTS) is 1. The van der Waals surface area contributed by atoms with Crippen molar-refractivity contribution in [2.45, 2.75) is 12.8 Å². The van der Waals surface area contributed by atoms with Gasteiger partial charge >= 0.3 is 6.16 Å². The number of benzene rings is 5. The number of ether oxygens (including phenoxy) is 2. The molecule has 0 aliphatic carbocycles. The van der Waals surface area contributed by atoms with Crippen molar-refractivity contribution in [3.05, 3.63) is 138 Å². The van der Waals surface area contributed by atoms with Gasteiger partial charge in [0.15, 0.2) is 0 Å². The van der Waals surface area contributed by atoms with E-state index in [0.29, 0.717) is 38.1 Å². The van der Waals surface area contributed by atoms with Gasteiger partial charge < -0.3 is 29.4 Å². The topological polar surface area (TPSA) is 95.1 Å². The van der Waals surface area contributed by atoms with E-state index in [9.17, 15) is 14.7 Å². The van der Waals surface area contributed by atoms with E-state index in [1.165, 1.54) is 5.69 Å². The summed E-state index contributed by atoms with van der Waals surface area (Å²) in [5, 5.41) is 12.5. The van der Waals surface area contributed by atoms with Crippen LogP contribution in [0.25, 0.3) is 33.8 Å². The number of para-hydroxylation sites is 2. The number of H-pyrrole nitrogens is 1. The average Bonchev–Trinajstić information content (AvgIpc) is 3.49. The molecule has 0 spiro atoms. The first-order valence-electron chi connectivity index (χ1n) is 16.6. The second-order valence-corrected chi connectivity index (χ2v) is 12.1. The van der Waals surface area contributed by atoms with Crippen LogP contribution in [-0.4, -0.2) is 59.8 Å². The van der Waals surface area contributed by atoms with Crippen molar-refractivity contribution in [3.63, 3.8) is 0 Å². The minimum Gasteiger partial charge on any atom is -0.493 e. The fourth-order valence-electron chi connectivity index (χ4n) is 6.54. The number of carbonyl (C=O) groups is 2. The Hall–Kier alpha value is -6.02. The molecule has 5 aromatic carbocycles. The lowest BCUT2D eigenvalue weighted by atomic mass is 10.0. The molecule has 1 saturated heterocycles. The third-order valence-electron chi connectivity index (χ3n) is 8.98. The minimum atomic E-state index is -1.38. The smallest absolute Gasteiger partial charge is 0.493 e. The van der Waals surface area contributed by atoms with Gasteiger partial charge in [-0.2, -0.15) is 0 Å². The standard InChI is InChI=1S/C41H37N3O5/c45-40(44-25-23-43(24-26-44)33-15-2-1-3-16-33)32-14-6-10-29(28-32)21-22-31-13-7-18-35-36(39(42-38(31)35)49-41(46)47)19-9-27-48-37-20-8-12-30-11-4-5-17-34(30)37/h1-8,10-18,20-22,28,42H,9,19,23-27H2,(H,46,47)/b22-21+. The van der Waals surface area contributed by atoms with Gasteiger partial charge in [-0.3, -0.25) is 4.79 Å². The van der Waals surface area contributed by atoms with Crippen LogP contribution in [0.5, 0.6) is 11.6 Å². The molecule has 0 radical (unpaired) electrons. The number of hydrogen-bond donors (Lipinski definition) is 2. The highest BCUT2D eigenvalue weighted by atomic mass is 16.7. The SMILES string of the molecule is O=C(O)Oc1[nH]c2c(/C=C/c3cccc(C(=O)N4CCN(c5ccccc5)CC4)c3)cccc2c1CCCOc1cccc2ccccc12. The first-order valence-corrected chi connectivity index (χ1v) is 16.6. The summed E-state index contributed by atoms with van der Waals surface area (Å²) in [7, 11) is 0. The fourth-order valence-corrected chi connectivity index (χ4v) is 6.54. The van der Waals surface area contributed by atoms with E-state index in [2.05, 4.69) is 34.1 Å². The molecule has 1 fully saturated rings. The van der Waals surface area contributed by atoms with E-state index in [4.69, 9.17) is 9.47 Å². The van der Waals surface area contributed by atoms with Crippen LogP contribution in [0, 0.1) is 0 Å². The molecule has 1 aliphatic heterocycles. The zero-order valence-electron chi connectivity index (χ0n) is 27.0. The number of amides is 1. The van der Waals surface area contributed by atoms with Crippen LogP contribution in [0.2, 0.25) is 0 Å². The lowest BCUT2D eigenvalue weighted by molar-refractivity contribution is 0.0746. The largest absolute Gasteiger partial charge is 0.512 e. The number of nitrogens with one attached hydrogen (secondary N) is 1. The number of carbonyl (C=O) groups excluding carboxylic acids is 1. The van der Waals surface area contributed by atoms with Crippen LogP contribution in [0.3, 0.4) is 0 Å². The van der Waals surface area contributed by atoms with Crippen molar-refractivity contribution in [1.29, 1.82) is 0 Å². The second-order valence-electron chi connectivity index (χ2n) is 12.1. The molecule has 1 aliphatic rings. The number of aryl methyl sites for hydroxylation is 1. The van der Waals surface area contributed by atoms with Gasteiger partial charge in [0.2, 0.25) is 5.88 Å². The van der Waals surface area contributed by atoms with E-state index in [-0.39, 0.29) is 11.8 Å². The van der Waals surface area contributed by atoms with Gasteiger partial charge in [0, 0.05) is 53.8 Å². The highest BCUT2D eigenvalue weighted by Gasteiger charge is 2.22. The number of hydrogen-bond acceptors (Lipinski definition) is 5. The monoisotopic (exact) mass is 651 g/mol. The molecule has 7 rings (SSSR count). The molecule has 2 heterocycles. The maximum atomic E-state index is 13.4. The van der Waals surface area contributed by atoms with E-state index in [1.807, 2.05) is 108 Å². The highest BCUT2D eigenvalue weighted by molar-refractivity contribution is 5.97. The predicted octanol–water partition coefficient (Wildman–Crippen LogP) is 8.52. The Morgan fingerprint density at radius 2 is 1.51 bits per heavy atom. The number of rotatable bonds is 10. The molecule has 0 saturated carbocycles. The van der Waals surface area contributed by atoms with Crippen molar-refractivity contribution in [2.24, 2.45) is 0 Å². The summed E-state index contributed by atoms with van der Waals surface area (Å²) in [5.74, 6) is 1.07. The number of nitrogens with zero attached hydrogens (tertiary/aromatic N) is 2. The zero-order valence-corrected chi connectivity index (χ0v) is 27.0. The molecule has 8 heteroatoms. The van der Waals surface area contributed by atoms with E-state index in [1.54, 1.807) is 0 Å². The molecule has 1 aromatic heterocycles. The van der Waals surface area contributed by atoms with Crippen LogP contribution >= 0.6 is 0 Å². The number of aromatic nitrogens is 1. The number of piperazine rings is 1. The highest BCUT2D eigenvalue weighted by Crippen LogP contribution is 2.33. The van der Waals surface area contributed by atoms with Crippen LogP contribution in [0.1, 0.15) is 33.5 Å². The molecule has 49 heavy (non-hydrogen) atoms. The summed E-state index contributed by atoms with van der Waals surface area (Å²) in [5.41, 5.74) is 5.17.